The zero-order valence-corrected chi connectivity index (χ0v) is 19.9. The summed E-state index contributed by atoms with van der Waals surface area (Å²) in [5.41, 5.74) is 1.35. The number of piperidine rings is 1. The fraction of sp³-hybridized carbons (Fsp3) is 0.391. The van der Waals surface area contributed by atoms with E-state index < -0.39 is 10.0 Å². The molecule has 2 fully saturated rings. The average Bonchev–Trinajstić information content (AvgIpc) is 3.49. The molecule has 0 spiro atoms. The largest absolute Gasteiger partial charge is 0.339 e. The molecule has 0 aliphatic carbocycles. The third-order valence-corrected chi connectivity index (χ3v) is 9.61. The van der Waals surface area contributed by atoms with Crippen molar-refractivity contribution in [3.63, 3.8) is 0 Å². The molecule has 0 bridgehead atoms. The number of aromatic nitrogens is 1. The third kappa shape index (κ3) is 4.17. The number of carbonyl (C=O) groups is 1. The van der Waals surface area contributed by atoms with Gasteiger partial charge in [-0.25, -0.2) is 13.4 Å². The summed E-state index contributed by atoms with van der Waals surface area (Å²) in [5.74, 6) is 0.204. The summed E-state index contributed by atoms with van der Waals surface area (Å²) in [6.07, 6.45) is 3.44. The predicted octanol–water partition coefficient (Wildman–Crippen LogP) is 4.75. The summed E-state index contributed by atoms with van der Waals surface area (Å²) in [7, 11) is -3.54. The molecule has 2 aliphatic heterocycles. The lowest BCUT2D eigenvalue weighted by molar-refractivity contribution is 0.0712. The molecule has 3 heterocycles. The fourth-order valence-corrected chi connectivity index (χ4v) is 7.32. The van der Waals surface area contributed by atoms with Gasteiger partial charge in [0.05, 0.1) is 20.1 Å². The van der Waals surface area contributed by atoms with Crippen LogP contribution >= 0.6 is 22.9 Å². The third-order valence-electron chi connectivity index (χ3n) is 6.28. The number of nitrogens with zero attached hydrogens (tertiary/aromatic N) is 3. The van der Waals surface area contributed by atoms with Crippen molar-refractivity contribution in [2.24, 2.45) is 0 Å². The smallest absolute Gasteiger partial charge is 0.253 e. The molecular weight excluding hydrogens is 466 g/mol. The Labute approximate surface area is 196 Å². The summed E-state index contributed by atoms with van der Waals surface area (Å²) >= 11 is 7.77. The summed E-state index contributed by atoms with van der Waals surface area (Å²) in [4.78, 5) is 19.9. The molecule has 5 rings (SSSR count). The number of likely N-dealkylation sites (tertiary alicyclic amines) is 1. The molecule has 9 heteroatoms. The number of amides is 1. The van der Waals surface area contributed by atoms with Crippen molar-refractivity contribution in [3.8, 4) is 0 Å². The van der Waals surface area contributed by atoms with Crippen LogP contribution in [0.2, 0.25) is 5.02 Å². The number of benzene rings is 2. The number of hydrogen-bond donors (Lipinski definition) is 0. The second-order valence-electron chi connectivity index (χ2n) is 8.37. The first-order valence-corrected chi connectivity index (χ1v) is 13.5. The standard InChI is InChI=1S/C23H24ClN3O3S2/c24-18-6-7-21-20(15-18)25-22(31-21)16-8-12-26(13-9-16)23(28)17-4-3-5-19(14-17)32(29,30)27-10-1-2-11-27/h3-7,14-16H,1-2,8-13H2. The molecule has 0 atom stereocenters. The maximum absolute atomic E-state index is 13.1. The van der Waals surface area contributed by atoms with Crippen molar-refractivity contribution in [3.05, 3.63) is 58.1 Å². The first kappa shape index (κ1) is 21.8. The van der Waals surface area contributed by atoms with Crippen molar-refractivity contribution in [2.75, 3.05) is 26.2 Å². The van der Waals surface area contributed by atoms with Gasteiger partial charge in [0.15, 0.2) is 0 Å². The Hall–Kier alpha value is -2.00. The molecule has 3 aromatic rings. The van der Waals surface area contributed by atoms with Gasteiger partial charge >= 0.3 is 0 Å². The van der Waals surface area contributed by atoms with Crippen molar-refractivity contribution in [1.82, 2.24) is 14.2 Å². The Kier molecular flexibility index (Phi) is 5.96. The normalized spacial score (nSPS) is 18.5. The second-order valence-corrected chi connectivity index (χ2v) is 11.8. The molecule has 2 aromatic carbocycles. The number of fused-ring (bicyclic) bond motifs is 1. The SMILES string of the molecule is O=C(c1cccc(S(=O)(=O)N2CCCC2)c1)N1CCC(c2nc3cc(Cl)ccc3s2)CC1. The monoisotopic (exact) mass is 489 g/mol. The van der Waals surface area contributed by atoms with E-state index >= 15 is 0 Å². The predicted molar refractivity (Wildman–Crippen MR) is 127 cm³/mol. The fourth-order valence-electron chi connectivity index (χ4n) is 4.47. The molecule has 6 nitrogen and oxygen atoms in total. The molecular formula is C23H24ClN3O3S2. The van der Waals surface area contributed by atoms with Gasteiger partial charge in [0.2, 0.25) is 10.0 Å². The van der Waals surface area contributed by atoms with Crippen molar-refractivity contribution >= 4 is 49.1 Å². The van der Waals surface area contributed by atoms with Crippen LogP contribution < -0.4 is 0 Å². The molecule has 2 saturated heterocycles. The number of halogens is 1. The average molecular weight is 490 g/mol. The Morgan fingerprint density at radius 2 is 1.78 bits per heavy atom. The molecule has 1 aromatic heterocycles. The van der Waals surface area contributed by atoms with Gasteiger partial charge in [-0.1, -0.05) is 17.7 Å². The Morgan fingerprint density at radius 3 is 2.53 bits per heavy atom. The van der Waals surface area contributed by atoms with E-state index in [1.807, 2.05) is 23.1 Å². The number of carbonyl (C=O) groups excluding carboxylic acids is 1. The van der Waals surface area contributed by atoms with Crippen LogP contribution in [-0.2, 0) is 10.0 Å². The van der Waals surface area contributed by atoms with Crippen LogP contribution in [0.15, 0.2) is 47.4 Å². The van der Waals surface area contributed by atoms with E-state index in [1.165, 1.54) is 10.4 Å². The van der Waals surface area contributed by atoms with E-state index in [0.29, 0.717) is 42.7 Å². The lowest BCUT2D eigenvalue weighted by Gasteiger charge is -2.31. The van der Waals surface area contributed by atoms with Crippen LogP contribution in [0.25, 0.3) is 10.2 Å². The van der Waals surface area contributed by atoms with E-state index in [4.69, 9.17) is 16.6 Å². The minimum Gasteiger partial charge on any atom is -0.339 e. The van der Waals surface area contributed by atoms with E-state index in [2.05, 4.69) is 0 Å². The molecule has 0 unspecified atom stereocenters. The van der Waals surface area contributed by atoms with E-state index in [-0.39, 0.29) is 10.8 Å². The van der Waals surface area contributed by atoms with Crippen LogP contribution in [0.3, 0.4) is 0 Å². The number of rotatable bonds is 4. The first-order chi connectivity index (χ1) is 15.4. The number of thiazole rings is 1. The molecule has 1 amide bonds. The quantitative estimate of drug-likeness (QED) is 0.530. The summed E-state index contributed by atoms with van der Waals surface area (Å²) in [6, 6.07) is 12.2. The van der Waals surface area contributed by atoms with E-state index in [1.54, 1.807) is 29.5 Å². The zero-order valence-electron chi connectivity index (χ0n) is 17.5. The number of hydrogen-bond acceptors (Lipinski definition) is 5. The van der Waals surface area contributed by atoms with Crippen LogP contribution in [0, 0.1) is 0 Å². The van der Waals surface area contributed by atoms with Crippen molar-refractivity contribution in [1.29, 1.82) is 0 Å². The van der Waals surface area contributed by atoms with Gasteiger partial charge < -0.3 is 4.90 Å². The summed E-state index contributed by atoms with van der Waals surface area (Å²) < 4.78 is 28.4. The van der Waals surface area contributed by atoms with Gasteiger partial charge in [-0.3, -0.25) is 4.79 Å². The van der Waals surface area contributed by atoms with Gasteiger partial charge in [0.25, 0.3) is 5.91 Å². The van der Waals surface area contributed by atoms with Gasteiger partial charge in [-0.05, 0) is 62.1 Å². The second kappa shape index (κ2) is 8.74. The topological polar surface area (TPSA) is 70.6 Å². The van der Waals surface area contributed by atoms with Gasteiger partial charge in [0, 0.05) is 42.7 Å². The van der Waals surface area contributed by atoms with Crippen LogP contribution in [0.4, 0.5) is 0 Å². The highest BCUT2D eigenvalue weighted by Gasteiger charge is 2.30. The van der Waals surface area contributed by atoms with E-state index in [9.17, 15) is 13.2 Å². The lowest BCUT2D eigenvalue weighted by Crippen LogP contribution is -2.38. The maximum Gasteiger partial charge on any atom is 0.253 e. The van der Waals surface area contributed by atoms with Gasteiger partial charge in [0.1, 0.15) is 0 Å². The van der Waals surface area contributed by atoms with Crippen LogP contribution in [0.5, 0.6) is 0 Å². The molecule has 2 aliphatic rings. The highest BCUT2D eigenvalue weighted by Crippen LogP contribution is 2.35. The molecule has 0 saturated carbocycles. The molecule has 32 heavy (non-hydrogen) atoms. The minimum atomic E-state index is -3.54. The van der Waals surface area contributed by atoms with Crippen LogP contribution in [0.1, 0.15) is 47.0 Å². The van der Waals surface area contributed by atoms with Gasteiger partial charge in [-0.2, -0.15) is 4.31 Å². The Balaban J connectivity index is 1.28. The summed E-state index contributed by atoms with van der Waals surface area (Å²) in [6.45, 7) is 2.35. The highest BCUT2D eigenvalue weighted by molar-refractivity contribution is 7.89. The highest BCUT2D eigenvalue weighted by atomic mass is 35.5. The maximum atomic E-state index is 13.1. The van der Waals surface area contributed by atoms with E-state index in [0.717, 1.165) is 40.9 Å². The Morgan fingerprint density at radius 1 is 1.03 bits per heavy atom. The first-order valence-electron chi connectivity index (χ1n) is 10.9. The van der Waals surface area contributed by atoms with Crippen molar-refractivity contribution in [2.45, 2.75) is 36.5 Å². The Bertz CT molecular complexity index is 1260. The zero-order chi connectivity index (χ0) is 22.3. The number of sulfonamides is 1. The van der Waals surface area contributed by atoms with Gasteiger partial charge in [-0.15, -0.1) is 11.3 Å². The molecule has 0 N–H and O–H groups in total. The summed E-state index contributed by atoms with van der Waals surface area (Å²) in [5, 5.41) is 1.77. The van der Waals surface area contributed by atoms with Crippen LogP contribution in [-0.4, -0.2) is 54.7 Å². The molecule has 0 radical (unpaired) electrons. The molecule has 168 valence electrons. The minimum absolute atomic E-state index is 0.113. The van der Waals surface area contributed by atoms with Crippen molar-refractivity contribution < 1.29 is 13.2 Å². The lowest BCUT2D eigenvalue weighted by atomic mass is 9.97.